The number of nitrogens with zero attached hydrogens (tertiary/aromatic N) is 3. The van der Waals surface area contributed by atoms with Gasteiger partial charge in [-0.05, 0) is 50.6 Å². The quantitative estimate of drug-likeness (QED) is 0.608. The molecule has 3 heterocycles. The molecular formula is C26H28FN5O3. The molecular weight excluding hydrogens is 449 g/mol. The molecule has 2 aromatic rings. The van der Waals surface area contributed by atoms with Crippen molar-refractivity contribution in [3.63, 3.8) is 0 Å². The van der Waals surface area contributed by atoms with E-state index < -0.39 is 6.04 Å². The minimum absolute atomic E-state index is 0.0567. The topological polar surface area (TPSA) is 104 Å². The molecule has 4 atom stereocenters. The number of amidine groups is 2. The first kappa shape index (κ1) is 23.0. The molecule has 9 heteroatoms. The molecule has 0 spiro atoms. The lowest BCUT2D eigenvalue weighted by Crippen LogP contribution is -2.47. The fourth-order valence-electron chi connectivity index (χ4n) is 4.99. The van der Waals surface area contributed by atoms with Gasteiger partial charge in [0.25, 0.3) is 0 Å². The standard InChI is InChI=1S/C26H28FN5O3/c1-13-23(14(2)35-32-13)19-11-20-18(9-10-22(19)34-4)24-25(30-20)28-15(3)29-26(24)31-21(12-33)16-5-7-17(27)8-6-16/h5-11,18,21,24-25,30,33H,12H2,1-4H3,(H,28,29,31)/t18?,21-,24?,25?/m1/s1. The van der Waals surface area contributed by atoms with Crippen LogP contribution in [0.3, 0.4) is 0 Å². The highest BCUT2D eigenvalue weighted by Crippen LogP contribution is 2.40. The van der Waals surface area contributed by atoms with Gasteiger partial charge in [0.1, 0.15) is 35.2 Å². The maximum atomic E-state index is 13.4. The van der Waals surface area contributed by atoms with E-state index in [2.05, 4.69) is 27.9 Å². The van der Waals surface area contributed by atoms with Crippen molar-refractivity contribution in [1.29, 1.82) is 0 Å². The number of rotatable bonds is 5. The van der Waals surface area contributed by atoms with E-state index in [4.69, 9.17) is 19.2 Å². The second-order valence-corrected chi connectivity index (χ2v) is 8.88. The van der Waals surface area contributed by atoms with Crippen LogP contribution in [0.1, 0.15) is 35.5 Å². The number of aromatic nitrogens is 1. The van der Waals surface area contributed by atoms with E-state index in [9.17, 15) is 9.50 Å². The SMILES string of the molecule is COC1=C(c2c(C)noc2C)C=C2NC3N=C(C)NC(=N[C@H](CO)c4ccc(F)cc4)C3C2C=C1. The summed E-state index contributed by atoms with van der Waals surface area (Å²) in [5, 5.41) is 21.1. The maximum absolute atomic E-state index is 13.4. The van der Waals surface area contributed by atoms with Crippen molar-refractivity contribution in [1.82, 2.24) is 15.8 Å². The second-order valence-electron chi connectivity index (χ2n) is 8.88. The van der Waals surface area contributed by atoms with Crippen molar-refractivity contribution in [2.24, 2.45) is 21.8 Å². The molecule has 5 rings (SSSR count). The third-order valence-electron chi connectivity index (χ3n) is 6.62. The fraction of sp³-hybridized carbons (Fsp3) is 0.346. The summed E-state index contributed by atoms with van der Waals surface area (Å²) in [6, 6.07) is 5.52. The molecule has 1 aromatic carbocycles. The lowest BCUT2D eigenvalue weighted by atomic mass is 9.89. The van der Waals surface area contributed by atoms with Gasteiger partial charge in [-0.2, -0.15) is 0 Å². The van der Waals surface area contributed by atoms with E-state index in [1.165, 1.54) is 12.1 Å². The van der Waals surface area contributed by atoms with E-state index >= 15 is 0 Å². The molecule has 1 aromatic heterocycles. The van der Waals surface area contributed by atoms with Gasteiger partial charge in [0, 0.05) is 17.2 Å². The van der Waals surface area contributed by atoms with Crippen LogP contribution in [-0.4, -0.2) is 41.8 Å². The molecule has 3 unspecified atom stereocenters. The van der Waals surface area contributed by atoms with Gasteiger partial charge in [0.15, 0.2) is 0 Å². The molecule has 3 aliphatic rings. The van der Waals surface area contributed by atoms with Gasteiger partial charge in [-0.1, -0.05) is 23.4 Å². The number of ether oxygens (including phenoxy) is 1. The smallest absolute Gasteiger partial charge is 0.141 e. The molecule has 1 aliphatic carbocycles. The fourth-order valence-corrected chi connectivity index (χ4v) is 4.99. The van der Waals surface area contributed by atoms with Crippen molar-refractivity contribution >= 4 is 17.2 Å². The summed E-state index contributed by atoms with van der Waals surface area (Å²) in [5.41, 5.74) is 4.29. The molecule has 35 heavy (non-hydrogen) atoms. The number of halogens is 1. The number of fused-ring (bicyclic) bond motifs is 3. The summed E-state index contributed by atoms with van der Waals surface area (Å²) in [4.78, 5) is 9.66. The number of aryl methyl sites for hydroxylation is 2. The molecule has 0 saturated carbocycles. The van der Waals surface area contributed by atoms with Crippen LogP contribution >= 0.6 is 0 Å². The van der Waals surface area contributed by atoms with Gasteiger partial charge < -0.3 is 25.0 Å². The number of aliphatic imine (C=N–C) groups is 2. The van der Waals surface area contributed by atoms with Crippen LogP contribution in [0.15, 0.2) is 68.5 Å². The van der Waals surface area contributed by atoms with E-state index in [0.29, 0.717) is 11.5 Å². The average molecular weight is 478 g/mol. The van der Waals surface area contributed by atoms with Gasteiger partial charge >= 0.3 is 0 Å². The van der Waals surface area contributed by atoms with Crippen molar-refractivity contribution in [2.75, 3.05) is 13.7 Å². The second kappa shape index (κ2) is 9.14. The molecule has 0 radical (unpaired) electrons. The number of allylic oxidation sites excluding steroid dienone is 4. The molecule has 8 nitrogen and oxygen atoms in total. The Morgan fingerprint density at radius 2 is 2.00 bits per heavy atom. The Morgan fingerprint density at radius 1 is 1.23 bits per heavy atom. The Hall–Kier alpha value is -3.72. The van der Waals surface area contributed by atoms with Crippen LogP contribution in [0.5, 0.6) is 0 Å². The van der Waals surface area contributed by atoms with E-state index in [0.717, 1.165) is 39.8 Å². The molecule has 1 fully saturated rings. The number of nitrogens with one attached hydrogen (secondary N) is 2. The van der Waals surface area contributed by atoms with Crippen LogP contribution < -0.4 is 10.6 Å². The lowest BCUT2D eigenvalue weighted by Gasteiger charge is -2.28. The highest BCUT2D eigenvalue weighted by Gasteiger charge is 2.45. The summed E-state index contributed by atoms with van der Waals surface area (Å²) in [6.45, 7) is 5.47. The van der Waals surface area contributed by atoms with Crippen LogP contribution in [0.4, 0.5) is 4.39 Å². The normalized spacial score (nSPS) is 25.2. The summed E-state index contributed by atoms with van der Waals surface area (Å²) in [7, 11) is 1.64. The van der Waals surface area contributed by atoms with E-state index in [1.54, 1.807) is 19.2 Å². The Balaban J connectivity index is 1.56. The van der Waals surface area contributed by atoms with Gasteiger partial charge in [-0.15, -0.1) is 0 Å². The summed E-state index contributed by atoms with van der Waals surface area (Å²) < 4.78 is 24.6. The van der Waals surface area contributed by atoms with Crippen LogP contribution in [0, 0.1) is 31.5 Å². The molecule has 0 bridgehead atoms. The number of hydrogen-bond acceptors (Lipinski definition) is 7. The van der Waals surface area contributed by atoms with Crippen LogP contribution in [-0.2, 0) is 4.74 Å². The predicted molar refractivity (Wildman–Crippen MR) is 131 cm³/mol. The summed E-state index contributed by atoms with van der Waals surface area (Å²) >= 11 is 0. The third-order valence-corrected chi connectivity index (χ3v) is 6.62. The minimum atomic E-state index is -0.530. The molecule has 2 aliphatic heterocycles. The average Bonchev–Trinajstić information content (AvgIpc) is 3.29. The first-order chi connectivity index (χ1) is 16.9. The molecule has 182 valence electrons. The zero-order chi connectivity index (χ0) is 24.7. The summed E-state index contributed by atoms with van der Waals surface area (Å²) in [6.07, 6.45) is 5.90. The minimum Gasteiger partial charge on any atom is -0.496 e. The largest absolute Gasteiger partial charge is 0.496 e. The first-order valence-corrected chi connectivity index (χ1v) is 11.5. The third kappa shape index (κ3) is 4.16. The van der Waals surface area contributed by atoms with Crippen molar-refractivity contribution in [2.45, 2.75) is 33.0 Å². The van der Waals surface area contributed by atoms with E-state index in [1.807, 2.05) is 26.8 Å². The first-order valence-electron chi connectivity index (χ1n) is 11.5. The lowest BCUT2D eigenvalue weighted by molar-refractivity contribution is 0.268. The van der Waals surface area contributed by atoms with Crippen molar-refractivity contribution in [3.8, 4) is 0 Å². The Kier molecular flexibility index (Phi) is 6.02. The van der Waals surface area contributed by atoms with Gasteiger partial charge in [-0.3, -0.25) is 4.99 Å². The molecule has 1 saturated heterocycles. The van der Waals surface area contributed by atoms with Crippen molar-refractivity contribution in [3.05, 3.63) is 82.3 Å². The number of aliphatic hydroxyl groups excluding tert-OH is 1. The van der Waals surface area contributed by atoms with Gasteiger partial charge in [-0.25, -0.2) is 9.38 Å². The highest BCUT2D eigenvalue weighted by atomic mass is 19.1. The maximum Gasteiger partial charge on any atom is 0.141 e. The van der Waals surface area contributed by atoms with E-state index in [-0.39, 0.29) is 30.4 Å². The van der Waals surface area contributed by atoms with Gasteiger partial charge in [0.05, 0.1) is 36.9 Å². The van der Waals surface area contributed by atoms with Crippen LogP contribution in [0.25, 0.3) is 5.57 Å². The highest BCUT2D eigenvalue weighted by molar-refractivity contribution is 6.04. The Labute approximate surface area is 203 Å². The zero-order valence-corrected chi connectivity index (χ0v) is 20.0. The summed E-state index contributed by atoms with van der Waals surface area (Å²) in [5.74, 6) is 2.36. The zero-order valence-electron chi connectivity index (χ0n) is 20.0. The number of benzene rings is 1. The van der Waals surface area contributed by atoms with Crippen LogP contribution in [0.2, 0.25) is 0 Å². The molecule has 3 N–H and O–H groups in total. The number of hydrogen-bond donors (Lipinski definition) is 3. The number of methoxy groups -OCH3 is 1. The van der Waals surface area contributed by atoms with Crippen molar-refractivity contribution < 1.29 is 18.8 Å². The Morgan fingerprint density at radius 3 is 2.66 bits per heavy atom. The molecule has 0 amide bonds. The van der Waals surface area contributed by atoms with Gasteiger partial charge in [0.2, 0.25) is 0 Å². The number of aliphatic hydroxyl groups is 1. The monoisotopic (exact) mass is 477 g/mol. The predicted octanol–water partition coefficient (Wildman–Crippen LogP) is 3.56. The Bertz CT molecular complexity index is 1270.